The lowest BCUT2D eigenvalue weighted by atomic mass is 10.1. The topological polar surface area (TPSA) is 125 Å². The third kappa shape index (κ3) is 9.80. The summed E-state index contributed by atoms with van der Waals surface area (Å²) in [6.07, 6.45) is 7.63. The van der Waals surface area contributed by atoms with Crippen molar-refractivity contribution in [2.24, 2.45) is 0 Å². The van der Waals surface area contributed by atoms with Crippen LogP contribution in [0.15, 0.2) is 0 Å². The number of terminal acetylenes is 1. The number of carbonyl (C=O) groups excluding carboxylic acids is 2. The molecule has 9 nitrogen and oxygen atoms in total. The van der Waals surface area contributed by atoms with Crippen molar-refractivity contribution in [2.75, 3.05) is 32.9 Å². The molecule has 0 aromatic carbocycles. The maximum Gasteiger partial charge on any atom is 0.695 e. The lowest BCUT2D eigenvalue weighted by molar-refractivity contribution is -0.133. The predicted molar refractivity (Wildman–Crippen MR) is 97.6 cm³/mol. The summed E-state index contributed by atoms with van der Waals surface area (Å²) in [4.78, 5) is 34.1. The number of unbranched alkanes of at least 4 members (excludes halogenated alkanes) is 2. The van der Waals surface area contributed by atoms with Gasteiger partial charge in [0.2, 0.25) is 11.8 Å². The van der Waals surface area contributed by atoms with E-state index in [0.29, 0.717) is 32.4 Å². The van der Waals surface area contributed by atoms with Crippen LogP contribution in [0.25, 0.3) is 0 Å². The molecule has 1 fully saturated rings. The first-order valence-corrected chi connectivity index (χ1v) is 10.1. The maximum atomic E-state index is 12.3. The van der Waals surface area contributed by atoms with E-state index < -0.39 is 14.4 Å². The lowest BCUT2D eigenvalue weighted by Crippen LogP contribution is -2.37. The van der Waals surface area contributed by atoms with Crippen molar-refractivity contribution >= 4 is 20.1 Å². The highest BCUT2D eigenvalue weighted by atomic mass is 31.1. The van der Waals surface area contributed by atoms with Crippen LogP contribution in [0.1, 0.15) is 38.5 Å². The van der Waals surface area contributed by atoms with Crippen molar-refractivity contribution in [3.8, 4) is 12.3 Å². The Bertz CT molecular complexity index is 538. The summed E-state index contributed by atoms with van der Waals surface area (Å²) in [6.45, 7) is 1.03. The number of aliphatic hydroxyl groups excluding tert-OH is 1. The minimum absolute atomic E-state index is 0.0980. The van der Waals surface area contributed by atoms with Gasteiger partial charge in [0, 0.05) is 24.0 Å². The van der Waals surface area contributed by atoms with E-state index in [9.17, 15) is 19.3 Å². The van der Waals surface area contributed by atoms with Crippen molar-refractivity contribution in [3.63, 3.8) is 0 Å². The summed E-state index contributed by atoms with van der Waals surface area (Å²) in [5.74, 6) is 2.12. The van der Waals surface area contributed by atoms with Crippen molar-refractivity contribution in [1.29, 1.82) is 0 Å². The van der Waals surface area contributed by atoms with Crippen molar-refractivity contribution in [3.05, 3.63) is 0 Å². The average molecular weight is 403 g/mol. The monoisotopic (exact) mass is 403 g/mol. The van der Waals surface area contributed by atoms with E-state index in [0.717, 1.165) is 12.8 Å². The summed E-state index contributed by atoms with van der Waals surface area (Å²) in [7, 11) is -2.72. The fourth-order valence-corrected chi connectivity index (χ4v) is 3.30. The number of nitrogens with one attached hydrogen (secondary N) is 1. The summed E-state index contributed by atoms with van der Waals surface area (Å²) >= 11 is 0. The Hall–Kier alpha value is -1.56. The molecule has 0 spiro atoms. The van der Waals surface area contributed by atoms with E-state index in [2.05, 4.69) is 11.2 Å². The Labute approximate surface area is 160 Å². The van der Waals surface area contributed by atoms with Gasteiger partial charge in [0.15, 0.2) is 0 Å². The Balaban J connectivity index is 2.13. The first-order chi connectivity index (χ1) is 13.0. The zero-order valence-electron chi connectivity index (χ0n) is 15.3. The molecule has 0 bridgehead atoms. The second-order valence-corrected chi connectivity index (χ2v) is 6.94. The van der Waals surface area contributed by atoms with Crippen molar-refractivity contribution in [1.82, 2.24) is 10.2 Å². The van der Waals surface area contributed by atoms with Crippen LogP contribution in [0.4, 0.5) is 0 Å². The number of rotatable bonds is 13. The molecule has 10 heteroatoms. The second kappa shape index (κ2) is 13.6. The highest BCUT2D eigenvalue weighted by molar-refractivity contribution is 7.32. The molecule has 0 saturated carbocycles. The van der Waals surface area contributed by atoms with Gasteiger partial charge in [-0.3, -0.25) is 9.59 Å². The Morgan fingerprint density at radius 2 is 2.07 bits per heavy atom. The van der Waals surface area contributed by atoms with Crippen LogP contribution in [-0.4, -0.2) is 71.8 Å². The van der Waals surface area contributed by atoms with Gasteiger partial charge in [0.1, 0.15) is 12.7 Å². The molecule has 27 heavy (non-hydrogen) atoms. The van der Waals surface area contributed by atoms with E-state index in [1.54, 1.807) is 0 Å². The fourth-order valence-electron chi connectivity index (χ4n) is 2.89. The summed E-state index contributed by atoms with van der Waals surface area (Å²) < 4.78 is 20.6. The van der Waals surface area contributed by atoms with Gasteiger partial charge in [0.05, 0.1) is 32.2 Å². The normalized spacial score (nSPS) is 19.6. The summed E-state index contributed by atoms with van der Waals surface area (Å²) in [5, 5.41) is 12.2. The maximum absolute atomic E-state index is 12.3. The van der Waals surface area contributed by atoms with Crippen molar-refractivity contribution < 1.29 is 33.4 Å². The first-order valence-electron chi connectivity index (χ1n) is 8.99. The number of aliphatic hydroxyl groups is 1. The van der Waals surface area contributed by atoms with E-state index in [4.69, 9.17) is 20.6 Å². The van der Waals surface area contributed by atoms with Gasteiger partial charge < -0.3 is 20.1 Å². The van der Waals surface area contributed by atoms with Gasteiger partial charge >= 0.3 is 8.25 Å². The van der Waals surface area contributed by atoms with E-state index in [-0.39, 0.29) is 44.0 Å². The molecule has 3 N–H and O–H groups in total. The minimum Gasteiger partial charge on any atom is -0.394 e. The van der Waals surface area contributed by atoms with Crippen LogP contribution in [0.5, 0.6) is 0 Å². The molecule has 1 aliphatic heterocycles. The fraction of sp³-hybridized carbons (Fsp3) is 0.765. The molecule has 1 rings (SSSR count). The first kappa shape index (κ1) is 23.5. The number of hydrogen-bond acceptors (Lipinski definition) is 6. The Morgan fingerprint density at radius 1 is 1.30 bits per heavy atom. The summed E-state index contributed by atoms with van der Waals surface area (Å²) in [6, 6.07) is -0.381. The lowest BCUT2D eigenvalue weighted by Gasteiger charge is -2.22. The molecule has 1 aliphatic rings. The minimum atomic E-state index is -2.72. The number of hydrogen-bond donors (Lipinski definition) is 3. The van der Waals surface area contributed by atoms with Crippen molar-refractivity contribution in [2.45, 2.75) is 50.7 Å². The molecule has 3 atom stereocenters. The molecule has 1 unspecified atom stereocenters. The van der Waals surface area contributed by atoms with E-state index >= 15 is 0 Å². The molecule has 0 aliphatic carbocycles. The highest BCUT2D eigenvalue weighted by Gasteiger charge is 2.39. The van der Waals surface area contributed by atoms with Gasteiger partial charge in [-0.1, -0.05) is 12.3 Å². The number of likely N-dealkylation sites (tertiary alicyclic amines) is 1. The Morgan fingerprint density at radius 3 is 2.74 bits per heavy atom. The largest absolute Gasteiger partial charge is 0.695 e. The van der Waals surface area contributed by atoms with Crippen LogP contribution in [0.2, 0.25) is 0 Å². The standard InChI is InChI=1S/C17H27N2O7P/c1-2-9-25-10-7-16(21)18-8-5-3-4-6-17(22)19-12-15(26-27(23)24)11-14(19)13-20/h1,14-15,20H,3-13H2,(H-,18,21,23,24)/p+1/t14-,15+/m0/s1. The van der Waals surface area contributed by atoms with Crippen LogP contribution in [0.3, 0.4) is 0 Å². The quantitative estimate of drug-likeness (QED) is 0.230. The molecular formula is C17H28N2O7P+. The van der Waals surface area contributed by atoms with Gasteiger partial charge in [-0.15, -0.1) is 15.8 Å². The zero-order valence-corrected chi connectivity index (χ0v) is 16.2. The second-order valence-electron chi connectivity index (χ2n) is 6.25. The number of carbonyl (C=O) groups is 2. The van der Waals surface area contributed by atoms with Crippen LogP contribution in [0, 0.1) is 12.3 Å². The number of nitrogens with zero attached hydrogens (tertiary/aromatic N) is 1. The predicted octanol–water partition coefficient (Wildman–Crippen LogP) is 0.331. The molecule has 0 radical (unpaired) electrons. The van der Waals surface area contributed by atoms with Gasteiger partial charge in [-0.05, 0) is 12.8 Å². The van der Waals surface area contributed by atoms with E-state index in [1.807, 2.05) is 0 Å². The van der Waals surface area contributed by atoms with Gasteiger partial charge in [-0.25, -0.2) is 0 Å². The molecule has 2 amide bonds. The van der Waals surface area contributed by atoms with Gasteiger partial charge in [0.25, 0.3) is 0 Å². The SMILES string of the molecule is C#CCOCCC(=O)NCCCCCC(=O)N1C[C@H](O[P+](=O)O)C[C@H]1CO. The highest BCUT2D eigenvalue weighted by Crippen LogP contribution is 2.28. The number of amides is 2. The smallest absolute Gasteiger partial charge is 0.394 e. The number of ether oxygens (including phenoxy) is 1. The molecule has 1 heterocycles. The molecule has 0 aromatic heterocycles. The third-order valence-electron chi connectivity index (χ3n) is 4.19. The third-order valence-corrected chi connectivity index (χ3v) is 4.67. The molecule has 152 valence electrons. The van der Waals surface area contributed by atoms with Gasteiger partial charge in [-0.2, -0.15) is 0 Å². The van der Waals surface area contributed by atoms with E-state index in [1.165, 1.54) is 4.90 Å². The Kier molecular flexibility index (Phi) is 11.8. The molecule has 1 saturated heterocycles. The van der Waals surface area contributed by atoms with Crippen LogP contribution < -0.4 is 5.32 Å². The summed E-state index contributed by atoms with van der Waals surface area (Å²) in [5.41, 5.74) is 0. The molecule has 0 aromatic rings. The average Bonchev–Trinajstić information content (AvgIpc) is 3.03. The van der Waals surface area contributed by atoms with Crippen LogP contribution >= 0.6 is 8.25 Å². The van der Waals surface area contributed by atoms with Crippen LogP contribution in [-0.2, 0) is 23.4 Å². The molecular weight excluding hydrogens is 375 g/mol. The zero-order chi connectivity index (χ0) is 20.1.